The fourth-order valence-electron chi connectivity index (χ4n) is 5.83. The van der Waals surface area contributed by atoms with Crippen molar-refractivity contribution in [1.82, 2.24) is 9.88 Å². The average Bonchev–Trinajstić information content (AvgIpc) is 3.69. The van der Waals surface area contributed by atoms with Crippen molar-refractivity contribution in [3.05, 3.63) is 58.3 Å². The highest BCUT2D eigenvalue weighted by molar-refractivity contribution is 7.93. The van der Waals surface area contributed by atoms with Crippen molar-refractivity contribution in [2.24, 2.45) is 0 Å². The molecule has 216 valence electrons. The lowest BCUT2D eigenvalue weighted by Crippen LogP contribution is -2.48. The Morgan fingerprint density at radius 2 is 2.10 bits per heavy atom. The second-order valence-electron chi connectivity index (χ2n) is 10.0. The van der Waals surface area contributed by atoms with Gasteiger partial charge in [0.05, 0.1) is 38.1 Å². The highest BCUT2D eigenvalue weighted by Gasteiger charge is 2.48. The van der Waals surface area contributed by atoms with Crippen LogP contribution in [0.2, 0.25) is 5.02 Å². The molecule has 0 bridgehead atoms. The first-order valence-corrected chi connectivity index (χ1v) is 15.7. The van der Waals surface area contributed by atoms with Crippen LogP contribution < -0.4 is 19.1 Å². The van der Waals surface area contributed by atoms with Crippen LogP contribution in [0.5, 0.6) is 11.5 Å². The van der Waals surface area contributed by atoms with Gasteiger partial charge in [-0.2, -0.15) is 0 Å². The van der Waals surface area contributed by atoms with Gasteiger partial charge in [0, 0.05) is 41.3 Å². The minimum absolute atomic E-state index is 0.0961. The monoisotopic (exact) mass is 610 g/mol. The van der Waals surface area contributed by atoms with Gasteiger partial charge in [-0.1, -0.05) is 11.6 Å². The van der Waals surface area contributed by atoms with E-state index >= 15 is 4.39 Å². The van der Waals surface area contributed by atoms with Crippen LogP contribution >= 0.6 is 22.9 Å². The fourth-order valence-corrected chi connectivity index (χ4v) is 8.47. The number of sulfonamides is 1. The Kier molecular flexibility index (Phi) is 8.44. The normalized spacial score (nSPS) is 20.9. The second kappa shape index (κ2) is 11.7. The summed E-state index contributed by atoms with van der Waals surface area (Å²) in [7, 11) is -1.42. The summed E-state index contributed by atoms with van der Waals surface area (Å²) in [6.45, 7) is 1.40. The maximum Gasteiger partial charge on any atom is 0.269 e. The molecule has 2 atom stereocenters. The number of rotatable bonds is 11. The zero-order valence-electron chi connectivity index (χ0n) is 22.3. The minimum Gasteiger partial charge on any atom is -0.497 e. The molecule has 2 aliphatic heterocycles. The molecule has 3 heterocycles. The van der Waals surface area contributed by atoms with Gasteiger partial charge in [-0.25, -0.2) is 22.1 Å². The number of nitrogens with zero attached hydrogens (tertiary/aromatic N) is 3. The Balaban J connectivity index is 1.43. The van der Waals surface area contributed by atoms with E-state index in [1.54, 1.807) is 23.6 Å². The molecule has 0 unspecified atom stereocenters. The lowest BCUT2D eigenvalue weighted by atomic mass is 9.94. The number of anilines is 2. The SMILES string of the molecule is COc1ccc(CN(c2nccs2)S(=O)(=O)c2cc(Cl)c(NC[C@@]34CCCN3[C@H](CO)CC4)cc2F)c(OC)c1. The van der Waals surface area contributed by atoms with E-state index in [0.717, 1.165) is 60.0 Å². The van der Waals surface area contributed by atoms with Crippen LogP contribution in [0.4, 0.5) is 15.2 Å². The number of methoxy groups -OCH3 is 2. The molecular formula is C27H32ClFN4O5S2. The van der Waals surface area contributed by atoms with E-state index < -0.39 is 20.7 Å². The largest absolute Gasteiger partial charge is 0.497 e. The van der Waals surface area contributed by atoms with Gasteiger partial charge in [0.25, 0.3) is 10.0 Å². The van der Waals surface area contributed by atoms with E-state index in [2.05, 4.69) is 15.2 Å². The number of hydrogen-bond donors (Lipinski definition) is 2. The van der Waals surface area contributed by atoms with Gasteiger partial charge in [-0.05, 0) is 56.5 Å². The summed E-state index contributed by atoms with van der Waals surface area (Å²) in [5, 5.41) is 14.9. The molecule has 2 fully saturated rings. The molecule has 0 saturated carbocycles. The topological polar surface area (TPSA) is 104 Å². The van der Waals surface area contributed by atoms with Crippen molar-refractivity contribution in [2.75, 3.05) is 43.5 Å². The number of halogens is 2. The van der Waals surface area contributed by atoms with Crippen LogP contribution in [0.3, 0.4) is 0 Å². The van der Waals surface area contributed by atoms with Crippen LogP contribution in [0, 0.1) is 5.82 Å². The van der Waals surface area contributed by atoms with Crippen LogP contribution in [0.1, 0.15) is 31.2 Å². The van der Waals surface area contributed by atoms with Crippen molar-refractivity contribution in [1.29, 1.82) is 0 Å². The third kappa shape index (κ3) is 5.35. The molecule has 0 aliphatic carbocycles. The molecule has 1 aromatic heterocycles. The van der Waals surface area contributed by atoms with E-state index in [1.165, 1.54) is 20.4 Å². The summed E-state index contributed by atoms with van der Waals surface area (Å²) >= 11 is 7.67. The second-order valence-corrected chi connectivity index (χ2v) is 13.1. The van der Waals surface area contributed by atoms with Gasteiger partial charge in [0.2, 0.25) is 0 Å². The maximum absolute atomic E-state index is 15.6. The predicted molar refractivity (Wildman–Crippen MR) is 154 cm³/mol. The summed E-state index contributed by atoms with van der Waals surface area (Å²) in [6, 6.07) is 7.46. The zero-order valence-corrected chi connectivity index (χ0v) is 24.7. The molecule has 40 heavy (non-hydrogen) atoms. The molecule has 13 heteroatoms. The summed E-state index contributed by atoms with van der Waals surface area (Å²) < 4.78 is 55.1. The van der Waals surface area contributed by atoms with Crippen molar-refractivity contribution in [2.45, 2.75) is 48.7 Å². The van der Waals surface area contributed by atoms with E-state index in [4.69, 9.17) is 21.1 Å². The molecule has 9 nitrogen and oxygen atoms in total. The lowest BCUT2D eigenvalue weighted by Gasteiger charge is -2.35. The first-order chi connectivity index (χ1) is 19.2. The Hall–Kier alpha value is -2.64. The van der Waals surface area contributed by atoms with E-state index in [-0.39, 0.29) is 34.9 Å². The Morgan fingerprint density at radius 3 is 2.80 bits per heavy atom. The highest BCUT2D eigenvalue weighted by Crippen LogP contribution is 2.43. The summed E-state index contributed by atoms with van der Waals surface area (Å²) in [6.07, 6.45) is 5.32. The number of hydrogen-bond acceptors (Lipinski definition) is 9. The first-order valence-electron chi connectivity index (χ1n) is 13.0. The summed E-state index contributed by atoms with van der Waals surface area (Å²) in [5.74, 6) is 0.0512. The van der Waals surface area contributed by atoms with E-state index in [9.17, 15) is 13.5 Å². The van der Waals surface area contributed by atoms with Crippen molar-refractivity contribution >= 4 is 43.8 Å². The predicted octanol–water partition coefficient (Wildman–Crippen LogP) is 4.75. The molecule has 2 aromatic carbocycles. The number of aromatic nitrogens is 1. The molecule has 0 spiro atoms. The van der Waals surface area contributed by atoms with Gasteiger partial charge in [-0.3, -0.25) is 4.90 Å². The number of nitrogens with one attached hydrogen (secondary N) is 1. The van der Waals surface area contributed by atoms with Gasteiger partial charge in [0.1, 0.15) is 22.2 Å². The Bertz CT molecular complexity index is 1460. The molecule has 2 saturated heterocycles. The minimum atomic E-state index is -4.42. The molecular weight excluding hydrogens is 579 g/mol. The zero-order chi connectivity index (χ0) is 28.5. The number of benzene rings is 2. The Morgan fingerprint density at radius 1 is 1.27 bits per heavy atom. The third-order valence-electron chi connectivity index (χ3n) is 7.88. The van der Waals surface area contributed by atoms with Crippen LogP contribution in [0.25, 0.3) is 0 Å². The quantitative estimate of drug-likeness (QED) is 0.321. The van der Waals surface area contributed by atoms with E-state index in [0.29, 0.717) is 29.3 Å². The maximum atomic E-state index is 15.6. The van der Waals surface area contributed by atoms with Gasteiger partial charge < -0.3 is 19.9 Å². The molecule has 0 radical (unpaired) electrons. The number of thiazole rings is 1. The number of aliphatic hydroxyl groups is 1. The smallest absolute Gasteiger partial charge is 0.269 e. The van der Waals surface area contributed by atoms with E-state index in [1.807, 2.05) is 0 Å². The summed E-state index contributed by atoms with van der Waals surface area (Å²) in [5.41, 5.74) is 0.742. The van der Waals surface area contributed by atoms with Crippen LogP contribution in [0.15, 0.2) is 46.8 Å². The molecule has 5 rings (SSSR count). The standard InChI is InChI=1S/C27H32ClFN4O5S2/c1-37-20-5-4-18(24(12-20)38-2)15-33(26-30-9-11-39-26)40(35,36)25-13-21(28)23(14-22(25)29)31-17-27-7-3-10-32(27)19(16-34)6-8-27/h4-5,9,11-14,19,31,34H,3,6-8,10,15-17H2,1-2H3/t19-,27-/m0/s1. The number of aliphatic hydroxyl groups excluding tert-OH is 1. The number of ether oxygens (including phenoxy) is 2. The molecule has 0 amide bonds. The van der Waals surface area contributed by atoms with Crippen LogP contribution in [-0.4, -0.2) is 68.9 Å². The Labute approximate surface area is 242 Å². The van der Waals surface area contributed by atoms with Gasteiger partial charge >= 0.3 is 0 Å². The molecule has 3 aromatic rings. The first kappa shape index (κ1) is 28.9. The molecule has 2 N–H and O–H groups in total. The lowest BCUT2D eigenvalue weighted by molar-refractivity contribution is 0.113. The third-order valence-corrected chi connectivity index (χ3v) is 10.9. The van der Waals surface area contributed by atoms with Gasteiger partial charge in [-0.15, -0.1) is 11.3 Å². The summed E-state index contributed by atoms with van der Waals surface area (Å²) in [4.78, 5) is 5.98. The molecule has 2 aliphatic rings. The van der Waals surface area contributed by atoms with Crippen molar-refractivity contribution in [3.8, 4) is 11.5 Å². The average molecular weight is 611 g/mol. The van der Waals surface area contributed by atoms with Crippen molar-refractivity contribution < 1.29 is 27.4 Å². The highest BCUT2D eigenvalue weighted by atomic mass is 35.5. The van der Waals surface area contributed by atoms with Gasteiger partial charge in [0.15, 0.2) is 5.13 Å². The fraction of sp³-hybridized carbons (Fsp3) is 0.444. The number of fused-ring (bicyclic) bond motifs is 1. The van der Waals surface area contributed by atoms with Crippen molar-refractivity contribution in [3.63, 3.8) is 0 Å². The van der Waals surface area contributed by atoms with Crippen LogP contribution in [-0.2, 0) is 16.6 Å².